The van der Waals surface area contributed by atoms with E-state index >= 15 is 0 Å². The third kappa shape index (κ3) is 2.77. The molecule has 0 spiro atoms. The summed E-state index contributed by atoms with van der Waals surface area (Å²) in [6, 6.07) is 3.37. The molecule has 1 aromatic rings. The van der Waals surface area contributed by atoms with Gasteiger partial charge in [-0.3, -0.25) is 4.98 Å². The average molecular weight is 182 g/mol. The Labute approximate surface area is 77.2 Å². The van der Waals surface area contributed by atoms with E-state index in [2.05, 4.69) is 10.3 Å². The smallest absolute Gasteiger partial charge is 0.106 e. The van der Waals surface area contributed by atoms with Crippen molar-refractivity contribution >= 4 is 0 Å². The van der Waals surface area contributed by atoms with Crippen molar-refractivity contribution in [3.05, 3.63) is 30.1 Å². The molecule has 0 saturated carbocycles. The van der Waals surface area contributed by atoms with Gasteiger partial charge in [0.15, 0.2) is 0 Å². The summed E-state index contributed by atoms with van der Waals surface area (Å²) in [6.07, 6.45) is 1.54. The van der Waals surface area contributed by atoms with Crippen molar-refractivity contribution < 1.29 is 10.2 Å². The highest BCUT2D eigenvalue weighted by molar-refractivity contribution is 5.14. The number of pyridine rings is 1. The Morgan fingerprint density at radius 1 is 1.38 bits per heavy atom. The monoisotopic (exact) mass is 182 g/mol. The summed E-state index contributed by atoms with van der Waals surface area (Å²) in [5.74, 6) is 0. The Bertz CT molecular complexity index is 241. The predicted molar refractivity (Wildman–Crippen MR) is 49.1 cm³/mol. The van der Waals surface area contributed by atoms with Gasteiger partial charge in [0.05, 0.1) is 6.10 Å². The van der Waals surface area contributed by atoms with Crippen LogP contribution in [-0.4, -0.2) is 34.9 Å². The number of aliphatic hydroxyl groups excluding tert-OH is 2. The third-order valence-electron chi connectivity index (χ3n) is 1.83. The van der Waals surface area contributed by atoms with Gasteiger partial charge in [0, 0.05) is 18.9 Å². The molecule has 0 fully saturated rings. The molecule has 0 saturated heterocycles. The molecule has 0 aromatic carbocycles. The standard InChI is InChI=1S/C9H14N2O2/c1-10-6-8(12)9(13)7-2-4-11-5-3-7/h2-5,8-10,12-13H,6H2,1H3. The maximum Gasteiger partial charge on any atom is 0.106 e. The van der Waals surface area contributed by atoms with Crippen molar-refractivity contribution in [1.29, 1.82) is 0 Å². The van der Waals surface area contributed by atoms with Crippen LogP contribution < -0.4 is 5.32 Å². The Balaban J connectivity index is 2.62. The molecule has 1 rings (SSSR count). The van der Waals surface area contributed by atoms with Crippen molar-refractivity contribution in [2.75, 3.05) is 13.6 Å². The molecule has 3 N–H and O–H groups in total. The van der Waals surface area contributed by atoms with E-state index in [9.17, 15) is 10.2 Å². The van der Waals surface area contributed by atoms with Gasteiger partial charge in [-0.05, 0) is 24.7 Å². The molecule has 13 heavy (non-hydrogen) atoms. The fourth-order valence-corrected chi connectivity index (χ4v) is 1.10. The van der Waals surface area contributed by atoms with Crippen molar-refractivity contribution in [3.8, 4) is 0 Å². The van der Waals surface area contributed by atoms with Gasteiger partial charge in [0.2, 0.25) is 0 Å². The molecule has 1 aromatic heterocycles. The van der Waals surface area contributed by atoms with E-state index in [-0.39, 0.29) is 0 Å². The SMILES string of the molecule is CNCC(O)C(O)c1ccncc1. The van der Waals surface area contributed by atoms with E-state index < -0.39 is 12.2 Å². The number of hydrogen-bond donors (Lipinski definition) is 3. The predicted octanol–water partition coefficient (Wildman–Crippen LogP) is -0.305. The highest BCUT2D eigenvalue weighted by Gasteiger charge is 2.16. The Morgan fingerprint density at radius 3 is 2.54 bits per heavy atom. The third-order valence-corrected chi connectivity index (χ3v) is 1.83. The highest BCUT2D eigenvalue weighted by atomic mass is 16.3. The summed E-state index contributed by atoms with van der Waals surface area (Å²) in [5, 5.41) is 21.8. The van der Waals surface area contributed by atoms with Gasteiger partial charge in [-0.1, -0.05) is 0 Å². The zero-order valence-corrected chi connectivity index (χ0v) is 7.51. The molecular formula is C9H14N2O2. The maximum absolute atomic E-state index is 9.60. The van der Waals surface area contributed by atoms with Crippen LogP contribution >= 0.6 is 0 Å². The molecule has 0 amide bonds. The number of aromatic nitrogens is 1. The van der Waals surface area contributed by atoms with Crippen molar-refractivity contribution in [3.63, 3.8) is 0 Å². The highest BCUT2D eigenvalue weighted by Crippen LogP contribution is 2.14. The van der Waals surface area contributed by atoms with E-state index in [1.54, 1.807) is 31.6 Å². The van der Waals surface area contributed by atoms with E-state index in [4.69, 9.17) is 0 Å². The van der Waals surface area contributed by atoms with E-state index in [1.807, 2.05) is 0 Å². The van der Waals surface area contributed by atoms with Crippen molar-refractivity contribution in [1.82, 2.24) is 10.3 Å². The lowest BCUT2D eigenvalue weighted by Gasteiger charge is -2.17. The largest absolute Gasteiger partial charge is 0.389 e. The van der Waals surface area contributed by atoms with Crippen LogP contribution in [0.5, 0.6) is 0 Å². The van der Waals surface area contributed by atoms with Gasteiger partial charge in [-0.2, -0.15) is 0 Å². The number of hydrogen-bond acceptors (Lipinski definition) is 4. The Hall–Kier alpha value is -0.970. The zero-order valence-electron chi connectivity index (χ0n) is 7.51. The fraction of sp³-hybridized carbons (Fsp3) is 0.444. The lowest BCUT2D eigenvalue weighted by Crippen LogP contribution is -2.29. The first-order valence-electron chi connectivity index (χ1n) is 4.16. The average Bonchev–Trinajstić information content (AvgIpc) is 2.18. The number of nitrogens with zero attached hydrogens (tertiary/aromatic N) is 1. The molecule has 72 valence electrons. The van der Waals surface area contributed by atoms with E-state index in [0.717, 1.165) is 0 Å². The number of rotatable bonds is 4. The van der Waals surface area contributed by atoms with Crippen LogP contribution in [0.3, 0.4) is 0 Å². The molecule has 0 aliphatic rings. The molecule has 4 nitrogen and oxygen atoms in total. The van der Waals surface area contributed by atoms with Crippen LogP contribution in [0, 0.1) is 0 Å². The van der Waals surface area contributed by atoms with Crippen LogP contribution in [0.25, 0.3) is 0 Å². The minimum Gasteiger partial charge on any atom is -0.389 e. The normalized spacial score (nSPS) is 15.3. The van der Waals surface area contributed by atoms with Crippen LogP contribution in [-0.2, 0) is 0 Å². The Kier molecular flexibility index (Phi) is 3.82. The summed E-state index contributed by atoms with van der Waals surface area (Å²) in [7, 11) is 1.72. The summed E-state index contributed by atoms with van der Waals surface area (Å²) in [6.45, 7) is 0.365. The van der Waals surface area contributed by atoms with Gasteiger partial charge in [-0.15, -0.1) is 0 Å². The molecular weight excluding hydrogens is 168 g/mol. The molecule has 0 aliphatic heterocycles. The van der Waals surface area contributed by atoms with Gasteiger partial charge in [0.1, 0.15) is 6.10 Å². The first kappa shape index (κ1) is 10.1. The topological polar surface area (TPSA) is 65.4 Å². The number of aliphatic hydroxyl groups is 2. The van der Waals surface area contributed by atoms with Crippen LogP contribution in [0.15, 0.2) is 24.5 Å². The Morgan fingerprint density at radius 2 is 2.00 bits per heavy atom. The van der Waals surface area contributed by atoms with E-state index in [0.29, 0.717) is 12.1 Å². The molecule has 2 atom stereocenters. The quantitative estimate of drug-likeness (QED) is 0.598. The molecule has 2 unspecified atom stereocenters. The maximum atomic E-state index is 9.60. The van der Waals surface area contributed by atoms with Crippen LogP contribution in [0.2, 0.25) is 0 Å². The minimum atomic E-state index is -0.851. The second-order valence-corrected chi connectivity index (χ2v) is 2.85. The molecule has 1 heterocycles. The molecule has 4 heteroatoms. The summed E-state index contributed by atoms with van der Waals surface area (Å²) < 4.78 is 0. The lowest BCUT2D eigenvalue weighted by atomic mass is 10.1. The van der Waals surface area contributed by atoms with Gasteiger partial charge in [0.25, 0.3) is 0 Å². The second kappa shape index (κ2) is 4.91. The van der Waals surface area contributed by atoms with Crippen molar-refractivity contribution in [2.24, 2.45) is 0 Å². The van der Waals surface area contributed by atoms with Gasteiger partial charge < -0.3 is 15.5 Å². The number of likely N-dealkylation sites (N-methyl/N-ethyl adjacent to an activating group) is 1. The summed E-state index contributed by atoms with van der Waals surface area (Å²) in [4.78, 5) is 3.82. The number of nitrogens with one attached hydrogen (secondary N) is 1. The molecule has 0 aliphatic carbocycles. The van der Waals surface area contributed by atoms with Gasteiger partial charge in [-0.25, -0.2) is 0 Å². The second-order valence-electron chi connectivity index (χ2n) is 2.85. The fourth-order valence-electron chi connectivity index (χ4n) is 1.10. The van der Waals surface area contributed by atoms with Crippen LogP contribution in [0.1, 0.15) is 11.7 Å². The zero-order chi connectivity index (χ0) is 9.68. The molecule has 0 radical (unpaired) electrons. The van der Waals surface area contributed by atoms with Gasteiger partial charge >= 0.3 is 0 Å². The summed E-state index contributed by atoms with van der Waals surface area (Å²) in [5.41, 5.74) is 0.678. The first-order valence-corrected chi connectivity index (χ1v) is 4.16. The van der Waals surface area contributed by atoms with Crippen molar-refractivity contribution in [2.45, 2.75) is 12.2 Å². The van der Waals surface area contributed by atoms with Crippen LogP contribution in [0.4, 0.5) is 0 Å². The lowest BCUT2D eigenvalue weighted by molar-refractivity contribution is 0.0202. The first-order chi connectivity index (χ1) is 6.25. The molecule has 0 bridgehead atoms. The van der Waals surface area contributed by atoms with E-state index in [1.165, 1.54) is 0 Å². The summed E-state index contributed by atoms with van der Waals surface area (Å²) >= 11 is 0. The minimum absolute atomic E-state index is 0.365.